The number of halogens is 2. The van der Waals surface area contributed by atoms with Gasteiger partial charge >= 0.3 is 0 Å². The molecule has 0 aliphatic heterocycles. The third-order valence-corrected chi connectivity index (χ3v) is 3.63. The predicted molar refractivity (Wildman–Crippen MR) is 81.2 cm³/mol. The quantitative estimate of drug-likeness (QED) is 0.859. The zero-order valence-corrected chi connectivity index (χ0v) is 12.5. The van der Waals surface area contributed by atoms with Crippen LogP contribution in [0.2, 0.25) is 5.02 Å². The highest BCUT2D eigenvalue weighted by atomic mass is 35.5. The van der Waals surface area contributed by atoms with Crippen LogP contribution < -0.4 is 10.1 Å². The van der Waals surface area contributed by atoms with Crippen molar-refractivity contribution in [3.8, 4) is 5.75 Å². The lowest BCUT2D eigenvalue weighted by atomic mass is 10.1. The Bertz CT molecular complexity index is 598. The van der Waals surface area contributed by atoms with Crippen molar-refractivity contribution >= 4 is 17.3 Å². The minimum absolute atomic E-state index is 0.0325. The van der Waals surface area contributed by atoms with Crippen LogP contribution in [0.3, 0.4) is 0 Å². The van der Waals surface area contributed by atoms with Gasteiger partial charge in [-0.05, 0) is 43.2 Å². The normalized spacial score (nSPS) is 12.1. The number of methoxy groups -OCH3 is 1. The molecule has 0 amide bonds. The minimum Gasteiger partial charge on any atom is -0.495 e. The number of benzene rings is 2. The van der Waals surface area contributed by atoms with Crippen LogP contribution in [0.5, 0.6) is 5.75 Å². The number of hydrogen-bond donors (Lipinski definition) is 1. The van der Waals surface area contributed by atoms with Crippen LogP contribution in [0.1, 0.15) is 24.1 Å². The Labute approximate surface area is 123 Å². The van der Waals surface area contributed by atoms with E-state index in [0.29, 0.717) is 10.8 Å². The Hall–Kier alpha value is -1.74. The fourth-order valence-electron chi connectivity index (χ4n) is 2.01. The van der Waals surface area contributed by atoms with Crippen LogP contribution in [0.4, 0.5) is 10.1 Å². The van der Waals surface area contributed by atoms with Gasteiger partial charge in [0.15, 0.2) is 0 Å². The topological polar surface area (TPSA) is 21.3 Å². The maximum Gasteiger partial charge on any atom is 0.143 e. The second kappa shape index (κ2) is 6.14. The lowest BCUT2D eigenvalue weighted by Crippen LogP contribution is -2.08. The van der Waals surface area contributed by atoms with Crippen LogP contribution in [-0.4, -0.2) is 7.11 Å². The van der Waals surface area contributed by atoms with Gasteiger partial charge in [0.2, 0.25) is 0 Å². The summed E-state index contributed by atoms with van der Waals surface area (Å²) in [6, 6.07) is 10.2. The Kier molecular flexibility index (Phi) is 4.50. The standard InChI is InChI=1S/C16H17ClFNO/c1-10-8-15(16(20-3)9-14(10)17)19-11(2)12-4-6-13(18)7-5-12/h4-9,11,19H,1-3H3. The molecule has 2 rings (SSSR count). The van der Waals surface area contributed by atoms with E-state index in [0.717, 1.165) is 16.8 Å². The Morgan fingerprint density at radius 1 is 1.20 bits per heavy atom. The lowest BCUT2D eigenvalue weighted by molar-refractivity contribution is 0.416. The van der Waals surface area contributed by atoms with E-state index in [9.17, 15) is 4.39 Å². The molecule has 0 radical (unpaired) electrons. The van der Waals surface area contributed by atoms with Gasteiger partial charge in [0, 0.05) is 17.1 Å². The first-order chi connectivity index (χ1) is 9.51. The number of rotatable bonds is 4. The van der Waals surface area contributed by atoms with E-state index in [2.05, 4.69) is 5.32 Å². The fraction of sp³-hybridized carbons (Fsp3) is 0.250. The van der Waals surface area contributed by atoms with Gasteiger partial charge in [0.05, 0.1) is 12.8 Å². The Morgan fingerprint density at radius 2 is 1.85 bits per heavy atom. The molecular formula is C16H17ClFNO. The third kappa shape index (κ3) is 3.23. The molecule has 0 aliphatic rings. The number of ether oxygens (including phenoxy) is 1. The van der Waals surface area contributed by atoms with Gasteiger partial charge < -0.3 is 10.1 Å². The average molecular weight is 294 g/mol. The molecule has 20 heavy (non-hydrogen) atoms. The molecule has 0 heterocycles. The van der Waals surface area contributed by atoms with E-state index >= 15 is 0 Å². The van der Waals surface area contributed by atoms with Crippen molar-refractivity contribution in [2.75, 3.05) is 12.4 Å². The minimum atomic E-state index is -0.235. The number of anilines is 1. The summed E-state index contributed by atoms with van der Waals surface area (Å²) >= 11 is 6.09. The molecule has 0 saturated carbocycles. The van der Waals surface area contributed by atoms with E-state index in [1.165, 1.54) is 12.1 Å². The molecule has 0 spiro atoms. The Morgan fingerprint density at radius 3 is 2.45 bits per heavy atom. The first-order valence-electron chi connectivity index (χ1n) is 6.37. The number of aryl methyl sites for hydroxylation is 1. The van der Waals surface area contributed by atoms with Crippen molar-refractivity contribution < 1.29 is 9.13 Å². The van der Waals surface area contributed by atoms with Gasteiger partial charge in [-0.2, -0.15) is 0 Å². The van der Waals surface area contributed by atoms with Gasteiger partial charge in [-0.15, -0.1) is 0 Å². The van der Waals surface area contributed by atoms with Crippen molar-refractivity contribution in [2.45, 2.75) is 19.9 Å². The first-order valence-corrected chi connectivity index (χ1v) is 6.75. The smallest absolute Gasteiger partial charge is 0.143 e. The summed E-state index contributed by atoms with van der Waals surface area (Å²) in [7, 11) is 1.61. The van der Waals surface area contributed by atoms with Crippen LogP contribution in [0, 0.1) is 12.7 Å². The largest absolute Gasteiger partial charge is 0.495 e. The summed E-state index contributed by atoms with van der Waals surface area (Å²) in [5.74, 6) is 0.454. The first kappa shape index (κ1) is 14.7. The van der Waals surface area contributed by atoms with Crippen molar-refractivity contribution in [3.63, 3.8) is 0 Å². The molecule has 0 fully saturated rings. The zero-order chi connectivity index (χ0) is 14.7. The molecule has 0 aromatic heterocycles. The molecule has 0 saturated heterocycles. The molecular weight excluding hydrogens is 277 g/mol. The van der Waals surface area contributed by atoms with E-state index < -0.39 is 0 Å². The Balaban J connectivity index is 2.25. The SMILES string of the molecule is COc1cc(Cl)c(C)cc1NC(C)c1ccc(F)cc1. The van der Waals surface area contributed by atoms with Crippen LogP contribution in [-0.2, 0) is 0 Å². The number of hydrogen-bond acceptors (Lipinski definition) is 2. The molecule has 2 aromatic carbocycles. The van der Waals surface area contributed by atoms with Gasteiger partial charge in [0.25, 0.3) is 0 Å². The van der Waals surface area contributed by atoms with E-state index in [1.54, 1.807) is 25.3 Å². The van der Waals surface area contributed by atoms with Crippen molar-refractivity contribution in [1.82, 2.24) is 0 Å². The van der Waals surface area contributed by atoms with Gasteiger partial charge in [0.1, 0.15) is 11.6 Å². The highest BCUT2D eigenvalue weighted by Gasteiger charge is 2.11. The molecule has 4 heteroatoms. The van der Waals surface area contributed by atoms with E-state index in [-0.39, 0.29) is 11.9 Å². The molecule has 106 valence electrons. The maximum absolute atomic E-state index is 12.9. The summed E-state index contributed by atoms with van der Waals surface area (Å²) in [6.07, 6.45) is 0. The van der Waals surface area contributed by atoms with Gasteiger partial charge in [-0.3, -0.25) is 0 Å². The number of nitrogens with one attached hydrogen (secondary N) is 1. The molecule has 2 aromatic rings. The fourth-order valence-corrected chi connectivity index (χ4v) is 2.17. The third-order valence-electron chi connectivity index (χ3n) is 3.22. The van der Waals surface area contributed by atoms with Gasteiger partial charge in [-0.1, -0.05) is 23.7 Å². The van der Waals surface area contributed by atoms with Crippen LogP contribution in [0.15, 0.2) is 36.4 Å². The summed E-state index contributed by atoms with van der Waals surface area (Å²) in [6.45, 7) is 3.95. The summed E-state index contributed by atoms with van der Waals surface area (Å²) in [5.41, 5.74) is 2.84. The molecule has 1 atom stereocenters. The highest BCUT2D eigenvalue weighted by Crippen LogP contribution is 2.33. The van der Waals surface area contributed by atoms with Crippen molar-refractivity contribution in [1.29, 1.82) is 0 Å². The molecule has 1 N–H and O–H groups in total. The molecule has 1 unspecified atom stereocenters. The van der Waals surface area contributed by atoms with E-state index in [1.807, 2.05) is 19.9 Å². The average Bonchev–Trinajstić information content (AvgIpc) is 2.43. The maximum atomic E-state index is 12.9. The summed E-state index contributed by atoms with van der Waals surface area (Å²) < 4.78 is 18.3. The second-order valence-corrected chi connectivity index (χ2v) is 5.13. The molecule has 2 nitrogen and oxygen atoms in total. The zero-order valence-electron chi connectivity index (χ0n) is 11.7. The summed E-state index contributed by atoms with van der Waals surface area (Å²) in [5, 5.41) is 4.03. The molecule has 0 aliphatic carbocycles. The predicted octanol–water partition coefficient (Wildman–Crippen LogP) is 4.97. The van der Waals surface area contributed by atoms with Crippen LogP contribution in [0.25, 0.3) is 0 Å². The monoisotopic (exact) mass is 293 g/mol. The lowest BCUT2D eigenvalue weighted by Gasteiger charge is -2.19. The van der Waals surface area contributed by atoms with Crippen molar-refractivity contribution in [3.05, 3.63) is 58.4 Å². The second-order valence-electron chi connectivity index (χ2n) is 4.72. The van der Waals surface area contributed by atoms with E-state index in [4.69, 9.17) is 16.3 Å². The van der Waals surface area contributed by atoms with Crippen LogP contribution >= 0.6 is 11.6 Å². The van der Waals surface area contributed by atoms with Gasteiger partial charge in [-0.25, -0.2) is 4.39 Å². The molecule has 0 bridgehead atoms. The van der Waals surface area contributed by atoms with Crippen molar-refractivity contribution in [2.24, 2.45) is 0 Å². The summed E-state index contributed by atoms with van der Waals surface area (Å²) in [4.78, 5) is 0. The highest BCUT2D eigenvalue weighted by molar-refractivity contribution is 6.31.